The number of pyridine rings is 1. The number of rotatable bonds is 4. The summed E-state index contributed by atoms with van der Waals surface area (Å²) in [5.74, 6) is 0.123. The van der Waals surface area contributed by atoms with Crippen LogP contribution in [0.25, 0.3) is 0 Å². The lowest BCUT2D eigenvalue weighted by molar-refractivity contribution is 0.0526. The fraction of sp³-hybridized carbons (Fsp3) is 0.500. The first kappa shape index (κ1) is 13.0. The van der Waals surface area contributed by atoms with Crippen LogP contribution in [-0.4, -0.2) is 17.6 Å². The fourth-order valence-electron chi connectivity index (χ4n) is 1.41. The summed E-state index contributed by atoms with van der Waals surface area (Å²) in [6.45, 7) is 6.31. The van der Waals surface area contributed by atoms with Crippen molar-refractivity contribution in [2.24, 2.45) is 5.92 Å². The number of hydrogen-bond acceptors (Lipinski definition) is 3. The highest BCUT2D eigenvalue weighted by molar-refractivity contribution is 6.29. The Morgan fingerprint density at radius 3 is 2.75 bits per heavy atom. The standard InChI is InChI=1S/C12H16ClNO2/c1-4-16-12(15)9-6-10(5-8(2)3)14-11(13)7-9/h6-8H,4-5H2,1-3H3. The van der Waals surface area contributed by atoms with Crippen molar-refractivity contribution < 1.29 is 9.53 Å². The van der Waals surface area contributed by atoms with Crippen LogP contribution in [-0.2, 0) is 11.2 Å². The molecule has 1 rings (SSSR count). The molecule has 0 spiro atoms. The van der Waals surface area contributed by atoms with Crippen LogP contribution in [0.15, 0.2) is 12.1 Å². The molecular formula is C12H16ClNO2. The third-order valence-corrected chi connectivity index (χ3v) is 2.17. The maximum absolute atomic E-state index is 11.5. The van der Waals surface area contributed by atoms with E-state index in [0.717, 1.165) is 12.1 Å². The number of nitrogens with zero attached hydrogens (tertiary/aromatic N) is 1. The monoisotopic (exact) mass is 241 g/mol. The van der Waals surface area contributed by atoms with Gasteiger partial charge in [0.25, 0.3) is 0 Å². The summed E-state index contributed by atoms with van der Waals surface area (Å²) in [6.07, 6.45) is 0.799. The van der Waals surface area contributed by atoms with E-state index in [4.69, 9.17) is 16.3 Å². The van der Waals surface area contributed by atoms with Gasteiger partial charge in [0.2, 0.25) is 0 Å². The van der Waals surface area contributed by atoms with E-state index in [1.807, 2.05) is 0 Å². The van der Waals surface area contributed by atoms with Gasteiger partial charge >= 0.3 is 5.97 Å². The predicted octanol–water partition coefficient (Wildman–Crippen LogP) is 3.11. The summed E-state index contributed by atoms with van der Waals surface area (Å²) in [4.78, 5) is 15.7. The highest BCUT2D eigenvalue weighted by Crippen LogP contribution is 2.14. The number of ether oxygens (including phenoxy) is 1. The number of aromatic nitrogens is 1. The number of halogens is 1. The first-order chi connectivity index (χ1) is 7.52. The number of esters is 1. The topological polar surface area (TPSA) is 39.2 Å². The van der Waals surface area contributed by atoms with Gasteiger partial charge in [-0.25, -0.2) is 9.78 Å². The van der Waals surface area contributed by atoms with Crippen LogP contribution < -0.4 is 0 Å². The van der Waals surface area contributed by atoms with Gasteiger partial charge in [-0.05, 0) is 31.4 Å². The van der Waals surface area contributed by atoms with E-state index < -0.39 is 0 Å². The van der Waals surface area contributed by atoms with Crippen LogP contribution >= 0.6 is 11.6 Å². The van der Waals surface area contributed by atoms with E-state index in [0.29, 0.717) is 23.2 Å². The van der Waals surface area contributed by atoms with E-state index in [2.05, 4.69) is 18.8 Å². The van der Waals surface area contributed by atoms with Crippen LogP contribution in [0.4, 0.5) is 0 Å². The molecule has 0 aliphatic heterocycles. The summed E-state index contributed by atoms with van der Waals surface area (Å²) >= 11 is 5.86. The molecule has 1 aromatic heterocycles. The molecule has 0 saturated carbocycles. The molecule has 0 aliphatic carbocycles. The minimum absolute atomic E-state index is 0.334. The molecule has 3 nitrogen and oxygen atoms in total. The second kappa shape index (κ2) is 5.85. The van der Waals surface area contributed by atoms with Crippen LogP contribution in [0.1, 0.15) is 36.8 Å². The van der Waals surface area contributed by atoms with Gasteiger partial charge in [0.05, 0.1) is 12.2 Å². The minimum atomic E-state index is -0.350. The van der Waals surface area contributed by atoms with Gasteiger partial charge in [0.15, 0.2) is 0 Å². The largest absolute Gasteiger partial charge is 0.462 e. The zero-order valence-electron chi connectivity index (χ0n) is 9.79. The number of hydrogen-bond donors (Lipinski definition) is 0. The quantitative estimate of drug-likeness (QED) is 0.601. The van der Waals surface area contributed by atoms with Crippen molar-refractivity contribution in [1.82, 2.24) is 4.98 Å². The molecule has 0 saturated heterocycles. The molecule has 16 heavy (non-hydrogen) atoms. The molecule has 0 bridgehead atoms. The summed E-state index contributed by atoms with van der Waals surface area (Å²) in [5.41, 5.74) is 1.29. The van der Waals surface area contributed by atoms with Crippen molar-refractivity contribution in [2.45, 2.75) is 27.2 Å². The van der Waals surface area contributed by atoms with Crippen LogP contribution in [0, 0.1) is 5.92 Å². The lowest BCUT2D eigenvalue weighted by Gasteiger charge is -2.07. The van der Waals surface area contributed by atoms with Crippen molar-refractivity contribution in [3.8, 4) is 0 Å². The number of carbonyl (C=O) groups excluding carboxylic acids is 1. The Morgan fingerprint density at radius 2 is 2.19 bits per heavy atom. The first-order valence-corrected chi connectivity index (χ1v) is 5.74. The smallest absolute Gasteiger partial charge is 0.338 e. The molecule has 0 unspecified atom stereocenters. The highest BCUT2D eigenvalue weighted by Gasteiger charge is 2.10. The summed E-state index contributed by atoms with van der Waals surface area (Å²) in [7, 11) is 0. The van der Waals surface area contributed by atoms with Crippen molar-refractivity contribution in [2.75, 3.05) is 6.61 Å². The highest BCUT2D eigenvalue weighted by atomic mass is 35.5. The molecule has 0 radical (unpaired) electrons. The molecular weight excluding hydrogens is 226 g/mol. The molecule has 0 N–H and O–H groups in total. The van der Waals surface area contributed by atoms with E-state index >= 15 is 0 Å². The van der Waals surface area contributed by atoms with Crippen LogP contribution in [0.3, 0.4) is 0 Å². The Kier molecular flexibility index (Phi) is 4.74. The minimum Gasteiger partial charge on any atom is -0.462 e. The van der Waals surface area contributed by atoms with Crippen molar-refractivity contribution in [3.63, 3.8) is 0 Å². The third-order valence-electron chi connectivity index (χ3n) is 1.98. The average molecular weight is 242 g/mol. The Morgan fingerprint density at radius 1 is 1.50 bits per heavy atom. The molecule has 0 amide bonds. The molecule has 88 valence electrons. The van der Waals surface area contributed by atoms with Crippen molar-refractivity contribution >= 4 is 17.6 Å². The fourth-order valence-corrected chi connectivity index (χ4v) is 1.63. The molecule has 0 atom stereocenters. The zero-order valence-corrected chi connectivity index (χ0v) is 10.5. The van der Waals surface area contributed by atoms with Gasteiger partial charge < -0.3 is 4.74 Å². The average Bonchev–Trinajstić information content (AvgIpc) is 2.15. The molecule has 1 aromatic rings. The van der Waals surface area contributed by atoms with Crippen molar-refractivity contribution in [3.05, 3.63) is 28.5 Å². The van der Waals surface area contributed by atoms with Gasteiger partial charge in [-0.3, -0.25) is 0 Å². The van der Waals surface area contributed by atoms with Gasteiger partial charge in [-0.15, -0.1) is 0 Å². The Labute approximate surface area is 101 Å². The lowest BCUT2D eigenvalue weighted by Crippen LogP contribution is -2.07. The maximum Gasteiger partial charge on any atom is 0.338 e. The second-order valence-corrected chi connectivity index (χ2v) is 4.38. The summed E-state index contributed by atoms with van der Waals surface area (Å²) in [5, 5.41) is 0.334. The Balaban J connectivity index is 2.93. The molecule has 4 heteroatoms. The molecule has 0 fully saturated rings. The second-order valence-electron chi connectivity index (χ2n) is 3.99. The molecule has 1 heterocycles. The van der Waals surface area contributed by atoms with Crippen molar-refractivity contribution in [1.29, 1.82) is 0 Å². The SMILES string of the molecule is CCOC(=O)c1cc(Cl)nc(CC(C)C)c1. The molecule has 0 aliphatic rings. The summed E-state index contributed by atoms with van der Waals surface area (Å²) < 4.78 is 4.92. The van der Waals surface area contributed by atoms with Crippen LogP contribution in [0.2, 0.25) is 5.15 Å². The van der Waals surface area contributed by atoms with Gasteiger partial charge in [0, 0.05) is 5.69 Å². The maximum atomic E-state index is 11.5. The van der Waals surface area contributed by atoms with Gasteiger partial charge in [0.1, 0.15) is 5.15 Å². The van der Waals surface area contributed by atoms with E-state index in [1.54, 1.807) is 13.0 Å². The summed E-state index contributed by atoms with van der Waals surface area (Å²) in [6, 6.07) is 3.27. The lowest BCUT2D eigenvalue weighted by atomic mass is 10.1. The van der Waals surface area contributed by atoms with E-state index in [1.165, 1.54) is 6.07 Å². The van der Waals surface area contributed by atoms with Gasteiger partial charge in [-0.2, -0.15) is 0 Å². The third kappa shape index (κ3) is 3.81. The first-order valence-electron chi connectivity index (χ1n) is 5.36. The molecule has 0 aromatic carbocycles. The zero-order chi connectivity index (χ0) is 12.1. The van der Waals surface area contributed by atoms with E-state index in [9.17, 15) is 4.79 Å². The van der Waals surface area contributed by atoms with E-state index in [-0.39, 0.29) is 5.97 Å². The van der Waals surface area contributed by atoms with Gasteiger partial charge in [-0.1, -0.05) is 25.4 Å². The predicted molar refractivity (Wildman–Crippen MR) is 63.7 cm³/mol. The van der Waals surface area contributed by atoms with Crippen LogP contribution in [0.5, 0.6) is 0 Å². The Bertz CT molecular complexity index is 377. The number of carbonyl (C=O) groups is 1. The Hall–Kier alpha value is -1.09. The normalized spacial score (nSPS) is 10.6.